The van der Waals surface area contributed by atoms with Crippen molar-refractivity contribution in [3.8, 4) is 0 Å². The van der Waals surface area contributed by atoms with Crippen molar-refractivity contribution in [1.82, 2.24) is 0 Å². The van der Waals surface area contributed by atoms with Gasteiger partial charge in [-0.05, 0) is 18.8 Å². The Balaban J connectivity index is 2.13. The molecule has 0 bridgehead atoms. The first kappa shape index (κ1) is 11.0. The van der Waals surface area contributed by atoms with Gasteiger partial charge in [-0.1, -0.05) is 19.8 Å². The van der Waals surface area contributed by atoms with E-state index in [1.165, 1.54) is 12.8 Å². The van der Waals surface area contributed by atoms with Crippen molar-refractivity contribution < 1.29 is 9.84 Å². The third-order valence-corrected chi connectivity index (χ3v) is 2.67. The monoisotopic (exact) mass is 187 g/mol. The third-order valence-electron chi connectivity index (χ3n) is 2.67. The van der Waals surface area contributed by atoms with Crippen LogP contribution < -0.4 is 5.73 Å². The first-order valence-corrected chi connectivity index (χ1v) is 5.20. The SMILES string of the molecule is CC1CCCC(OCC(N)CO)C1. The van der Waals surface area contributed by atoms with Crippen molar-refractivity contribution in [2.45, 2.75) is 44.8 Å². The molecule has 3 nitrogen and oxygen atoms in total. The Morgan fingerprint density at radius 1 is 1.54 bits per heavy atom. The molecule has 0 aliphatic heterocycles. The quantitative estimate of drug-likeness (QED) is 0.687. The Labute approximate surface area is 80.3 Å². The van der Waals surface area contributed by atoms with Gasteiger partial charge < -0.3 is 15.6 Å². The van der Waals surface area contributed by atoms with Crippen molar-refractivity contribution in [2.24, 2.45) is 11.7 Å². The maximum absolute atomic E-state index is 8.71. The van der Waals surface area contributed by atoms with Crippen molar-refractivity contribution in [3.63, 3.8) is 0 Å². The van der Waals surface area contributed by atoms with Gasteiger partial charge in [0.05, 0.1) is 25.4 Å². The number of nitrogens with two attached hydrogens (primary N) is 1. The Morgan fingerprint density at radius 2 is 2.31 bits per heavy atom. The van der Waals surface area contributed by atoms with Crippen LogP contribution in [0, 0.1) is 5.92 Å². The van der Waals surface area contributed by atoms with Crippen molar-refractivity contribution in [1.29, 1.82) is 0 Å². The summed E-state index contributed by atoms with van der Waals surface area (Å²) in [6.45, 7) is 2.78. The Hall–Kier alpha value is -0.120. The van der Waals surface area contributed by atoms with E-state index in [2.05, 4.69) is 6.92 Å². The number of rotatable bonds is 4. The van der Waals surface area contributed by atoms with Crippen LogP contribution in [0.1, 0.15) is 32.6 Å². The summed E-state index contributed by atoms with van der Waals surface area (Å²) in [5, 5.41) is 8.71. The summed E-state index contributed by atoms with van der Waals surface area (Å²) in [5.74, 6) is 0.782. The molecule has 1 saturated carbocycles. The van der Waals surface area contributed by atoms with Gasteiger partial charge in [0.2, 0.25) is 0 Å². The van der Waals surface area contributed by atoms with Crippen LogP contribution >= 0.6 is 0 Å². The highest BCUT2D eigenvalue weighted by Gasteiger charge is 2.19. The highest BCUT2D eigenvalue weighted by atomic mass is 16.5. The molecule has 0 amide bonds. The minimum absolute atomic E-state index is 0.0161. The molecule has 0 heterocycles. The summed E-state index contributed by atoms with van der Waals surface area (Å²) in [6.07, 6.45) is 5.27. The number of hydrogen-bond acceptors (Lipinski definition) is 3. The van der Waals surface area contributed by atoms with Crippen LogP contribution in [0.5, 0.6) is 0 Å². The van der Waals surface area contributed by atoms with Gasteiger partial charge in [-0.25, -0.2) is 0 Å². The lowest BCUT2D eigenvalue weighted by atomic mass is 9.89. The van der Waals surface area contributed by atoms with Crippen LogP contribution in [0.2, 0.25) is 0 Å². The Morgan fingerprint density at radius 3 is 2.92 bits per heavy atom. The second-order valence-electron chi connectivity index (χ2n) is 4.17. The van der Waals surface area contributed by atoms with Crippen LogP contribution in [0.15, 0.2) is 0 Å². The van der Waals surface area contributed by atoms with E-state index in [0.29, 0.717) is 12.7 Å². The summed E-state index contributed by atoms with van der Waals surface area (Å²) >= 11 is 0. The van der Waals surface area contributed by atoms with Gasteiger partial charge in [-0.15, -0.1) is 0 Å². The minimum atomic E-state index is -0.211. The molecule has 0 spiro atoms. The second kappa shape index (κ2) is 5.58. The molecule has 0 aromatic carbocycles. The molecule has 0 aromatic rings. The van der Waals surface area contributed by atoms with Gasteiger partial charge in [0, 0.05) is 0 Å². The van der Waals surface area contributed by atoms with Crippen LogP contribution in [0.25, 0.3) is 0 Å². The fourth-order valence-electron chi connectivity index (χ4n) is 1.84. The molecule has 0 saturated heterocycles. The predicted octanol–water partition coefficient (Wildman–Crippen LogP) is 0.901. The van der Waals surface area contributed by atoms with E-state index < -0.39 is 0 Å². The zero-order valence-electron chi connectivity index (χ0n) is 8.41. The van der Waals surface area contributed by atoms with Gasteiger partial charge >= 0.3 is 0 Å². The molecule has 3 unspecified atom stereocenters. The van der Waals surface area contributed by atoms with E-state index in [4.69, 9.17) is 15.6 Å². The Bertz CT molecular complexity index is 141. The van der Waals surface area contributed by atoms with E-state index in [1.54, 1.807) is 0 Å². The molecule has 0 radical (unpaired) electrons. The van der Waals surface area contributed by atoms with Gasteiger partial charge in [-0.3, -0.25) is 0 Å². The van der Waals surface area contributed by atoms with Crippen LogP contribution in [-0.2, 0) is 4.74 Å². The topological polar surface area (TPSA) is 55.5 Å². The molecule has 3 atom stereocenters. The van der Waals surface area contributed by atoms with Gasteiger partial charge in [0.25, 0.3) is 0 Å². The van der Waals surface area contributed by atoms with Crippen LogP contribution in [0.3, 0.4) is 0 Å². The van der Waals surface area contributed by atoms with Crippen molar-refractivity contribution in [2.75, 3.05) is 13.2 Å². The molecule has 13 heavy (non-hydrogen) atoms. The predicted molar refractivity (Wildman–Crippen MR) is 52.4 cm³/mol. The van der Waals surface area contributed by atoms with E-state index in [0.717, 1.165) is 18.8 Å². The largest absolute Gasteiger partial charge is 0.395 e. The first-order valence-electron chi connectivity index (χ1n) is 5.20. The fraction of sp³-hybridized carbons (Fsp3) is 1.00. The van der Waals surface area contributed by atoms with E-state index in [1.807, 2.05) is 0 Å². The lowest BCUT2D eigenvalue weighted by Crippen LogP contribution is -2.33. The molecular weight excluding hydrogens is 166 g/mol. The second-order valence-corrected chi connectivity index (χ2v) is 4.17. The highest BCUT2D eigenvalue weighted by Crippen LogP contribution is 2.25. The van der Waals surface area contributed by atoms with E-state index in [-0.39, 0.29) is 12.6 Å². The molecule has 1 aliphatic rings. The average Bonchev–Trinajstić information content (AvgIpc) is 2.14. The molecule has 1 rings (SSSR count). The molecule has 3 N–H and O–H groups in total. The van der Waals surface area contributed by atoms with Gasteiger partial charge in [0.15, 0.2) is 0 Å². The molecule has 3 heteroatoms. The summed E-state index contributed by atoms with van der Waals surface area (Å²) in [5.41, 5.74) is 5.55. The highest BCUT2D eigenvalue weighted by molar-refractivity contribution is 4.71. The smallest absolute Gasteiger partial charge is 0.0643 e. The molecule has 1 fully saturated rings. The minimum Gasteiger partial charge on any atom is -0.395 e. The van der Waals surface area contributed by atoms with Crippen molar-refractivity contribution >= 4 is 0 Å². The first-order chi connectivity index (χ1) is 6.22. The van der Waals surface area contributed by atoms with E-state index >= 15 is 0 Å². The zero-order chi connectivity index (χ0) is 9.68. The number of aliphatic hydroxyl groups excluding tert-OH is 1. The van der Waals surface area contributed by atoms with Crippen LogP contribution in [0.4, 0.5) is 0 Å². The number of hydrogen-bond donors (Lipinski definition) is 2. The van der Waals surface area contributed by atoms with Crippen molar-refractivity contribution in [3.05, 3.63) is 0 Å². The lowest BCUT2D eigenvalue weighted by Gasteiger charge is -2.27. The standard InChI is InChI=1S/C10H21NO2/c1-8-3-2-4-10(5-8)13-7-9(11)6-12/h8-10,12H,2-7,11H2,1H3. The average molecular weight is 187 g/mol. The molecule has 0 aromatic heterocycles. The fourth-order valence-corrected chi connectivity index (χ4v) is 1.84. The normalized spacial score (nSPS) is 31.6. The van der Waals surface area contributed by atoms with Gasteiger partial charge in [0.1, 0.15) is 0 Å². The third kappa shape index (κ3) is 4.07. The summed E-state index contributed by atoms with van der Waals surface area (Å²) in [6, 6.07) is -0.211. The van der Waals surface area contributed by atoms with Crippen LogP contribution in [-0.4, -0.2) is 30.5 Å². The summed E-state index contributed by atoms with van der Waals surface area (Å²) < 4.78 is 5.62. The maximum Gasteiger partial charge on any atom is 0.0643 e. The summed E-state index contributed by atoms with van der Waals surface area (Å²) in [4.78, 5) is 0. The molecule has 78 valence electrons. The molecule has 1 aliphatic carbocycles. The number of aliphatic hydroxyl groups is 1. The molecular formula is C10H21NO2. The number of ether oxygens (including phenoxy) is 1. The Kier molecular flexibility index (Phi) is 4.70. The zero-order valence-corrected chi connectivity index (χ0v) is 8.41. The summed E-state index contributed by atoms with van der Waals surface area (Å²) in [7, 11) is 0. The maximum atomic E-state index is 8.71. The van der Waals surface area contributed by atoms with E-state index in [9.17, 15) is 0 Å². The van der Waals surface area contributed by atoms with Gasteiger partial charge in [-0.2, -0.15) is 0 Å². The lowest BCUT2D eigenvalue weighted by molar-refractivity contribution is 0.00244.